The van der Waals surface area contributed by atoms with Crippen LogP contribution in [0.3, 0.4) is 0 Å². The van der Waals surface area contributed by atoms with Gasteiger partial charge in [0, 0.05) is 12.3 Å². The number of esters is 1. The largest absolute Gasteiger partial charge is 0.497 e. The van der Waals surface area contributed by atoms with Crippen LogP contribution in [0, 0.1) is 11.8 Å². The van der Waals surface area contributed by atoms with E-state index in [0.29, 0.717) is 6.42 Å². The number of carbonyl (C=O) groups is 2. The van der Waals surface area contributed by atoms with Crippen molar-refractivity contribution in [2.45, 2.75) is 25.7 Å². The summed E-state index contributed by atoms with van der Waals surface area (Å²) in [4.78, 5) is 23.9. The highest BCUT2D eigenvalue weighted by Gasteiger charge is 2.42. The number of aryl methyl sites for hydroxylation is 1. The zero-order valence-electron chi connectivity index (χ0n) is 12.9. The van der Waals surface area contributed by atoms with Crippen LogP contribution in [0.25, 0.3) is 6.08 Å². The van der Waals surface area contributed by atoms with Gasteiger partial charge in [0.05, 0.1) is 14.2 Å². The first kappa shape index (κ1) is 14.8. The normalized spacial score (nSPS) is 23.7. The van der Waals surface area contributed by atoms with Crippen LogP contribution in [0.4, 0.5) is 0 Å². The Hall–Kier alpha value is -2.10. The Morgan fingerprint density at radius 2 is 2.00 bits per heavy atom. The molecule has 22 heavy (non-hydrogen) atoms. The predicted octanol–water partition coefficient (Wildman–Crippen LogP) is 2.79. The minimum Gasteiger partial charge on any atom is -0.497 e. The number of rotatable bonds is 3. The molecule has 4 nitrogen and oxygen atoms in total. The summed E-state index contributed by atoms with van der Waals surface area (Å²) in [7, 11) is 3.01. The maximum Gasteiger partial charge on any atom is 0.316 e. The Bertz CT molecular complexity index is 644. The number of ether oxygens (including phenoxy) is 2. The molecule has 0 radical (unpaired) electrons. The van der Waals surface area contributed by atoms with Gasteiger partial charge in [0.15, 0.2) is 0 Å². The molecule has 0 spiro atoms. The Morgan fingerprint density at radius 3 is 2.73 bits per heavy atom. The molecule has 1 saturated carbocycles. The number of allylic oxidation sites excluding steroid dienone is 1. The van der Waals surface area contributed by atoms with Gasteiger partial charge in [-0.05, 0) is 42.5 Å². The lowest BCUT2D eigenvalue weighted by molar-refractivity contribution is -0.149. The van der Waals surface area contributed by atoms with E-state index in [-0.39, 0.29) is 11.7 Å². The standard InChI is InChI=1S/C18H20O4/c1-21-14-6-5-11-9-13(4-3-12(11)10-14)15-7-8-16(19)17(15)18(20)22-2/h5-6,9-10,15,17H,3-4,7-8H2,1-2H3/t15-,17-/m0/s1. The molecule has 0 saturated heterocycles. The molecule has 4 heteroatoms. The van der Waals surface area contributed by atoms with E-state index >= 15 is 0 Å². The van der Waals surface area contributed by atoms with Crippen LogP contribution >= 0.6 is 0 Å². The summed E-state index contributed by atoms with van der Waals surface area (Å²) in [5, 5.41) is 0. The maximum absolute atomic E-state index is 12.0. The average Bonchev–Trinajstić information content (AvgIpc) is 2.94. The number of methoxy groups -OCH3 is 2. The molecular formula is C18H20O4. The molecule has 0 unspecified atom stereocenters. The van der Waals surface area contributed by atoms with Crippen LogP contribution in [0.15, 0.2) is 23.8 Å². The SMILES string of the molecule is COC(=O)[C@@H]1C(=O)CC[C@H]1C1=Cc2ccc(OC)cc2CC1. The molecule has 1 aromatic rings. The minimum absolute atomic E-state index is 0.00444. The van der Waals surface area contributed by atoms with E-state index in [4.69, 9.17) is 9.47 Å². The van der Waals surface area contributed by atoms with Crippen LogP contribution in [-0.2, 0) is 20.7 Å². The zero-order valence-corrected chi connectivity index (χ0v) is 12.9. The van der Waals surface area contributed by atoms with Crippen LogP contribution in [0.2, 0.25) is 0 Å². The molecule has 2 atom stereocenters. The Balaban J connectivity index is 1.90. The lowest BCUT2D eigenvalue weighted by Gasteiger charge is -2.24. The average molecular weight is 300 g/mol. The fourth-order valence-electron chi connectivity index (χ4n) is 3.58. The second-order valence-corrected chi connectivity index (χ2v) is 5.90. The van der Waals surface area contributed by atoms with Gasteiger partial charge in [-0.2, -0.15) is 0 Å². The third-order valence-corrected chi connectivity index (χ3v) is 4.76. The number of hydrogen-bond donors (Lipinski definition) is 0. The van der Waals surface area contributed by atoms with E-state index in [1.807, 2.05) is 12.1 Å². The summed E-state index contributed by atoms with van der Waals surface area (Å²) in [6.07, 6.45) is 5.15. The fraction of sp³-hybridized carbons (Fsp3) is 0.444. The van der Waals surface area contributed by atoms with Crippen molar-refractivity contribution in [3.05, 3.63) is 34.9 Å². The lowest BCUT2D eigenvalue weighted by Crippen LogP contribution is -2.27. The Morgan fingerprint density at radius 1 is 1.18 bits per heavy atom. The molecule has 116 valence electrons. The second-order valence-electron chi connectivity index (χ2n) is 5.90. The van der Waals surface area contributed by atoms with Crippen molar-refractivity contribution in [3.63, 3.8) is 0 Å². The molecule has 1 fully saturated rings. The quantitative estimate of drug-likeness (QED) is 0.636. The predicted molar refractivity (Wildman–Crippen MR) is 82.5 cm³/mol. The van der Waals surface area contributed by atoms with Gasteiger partial charge in [0.25, 0.3) is 0 Å². The van der Waals surface area contributed by atoms with Crippen molar-refractivity contribution in [1.29, 1.82) is 0 Å². The molecule has 0 aromatic heterocycles. The molecule has 3 rings (SSSR count). The van der Waals surface area contributed by atoms with Gasteiger partial charge in [0.1, 0.15) is 17.5 Å². The lowest BCUT2D eigenvalue weighted by atomic mass is 9.80. The van der Waals surface area contributed by atoms with Crippen LogP contribution in [0.5, 0.6) is 5.75 Å². The van der Waals surface area contributed by atoms with Crippen molar-refractivity contribution in [3.8, 4) is 5.75 Å². The first-order chi connectivity index (χ1) is 10.6. The van der Waals surface area contributed by atoms with E-state index in [0.717, 1.165) is 30.6 Å². The number of ketones is 1. The summed E-state index contributed by atoms with van der Waals surface area (Å²) in [5.41, 5.74) is 3.60. The summed E-state index contributed by atoms with van der Waals surface area (Å²) in [6.45, 7) is 0. The molecule has 0 heterocycles. The second kappa shape index (κ2) is 5.95. The van der Waals surface area contributed by atoms with E-state index < -0.39 is 11.9 Å². The summed E-state index contributed by atoms with van der Waals surface area (Å²) >= 11 is 0. The summed E-state index contributed by atoms with van der Waals surface area (Å²) in [5.74, 6) is -0.141. The highest BCUT2D eigenvalue weighted by atomic mass is 16.5. The van der Waals surface area contributed by atoms with Gasteiger partial charge in [-0.1, -0.05) is 17.7 Å². The van der Waals surface area contributed by atoms with Crippen molar-refractivity contribution in [2.24, 2.45) is 11.8 Å². The summed E-state index contributed by atoms with van der Waals surface area (Å²) in [6, 6.07) is 6.04. The number of benzene rings is 1. The molecule has 0 aliphatic heterocycles. The Labute approximate surface area is 130 Å². The molecule has 0 amide bonds. The highest BCUT2D eigenvalue weighted by molar-refractivity contribution is 6.01. The molecule has 1 aromatic carbocycles. The Kier molecular flexibility index (Phi) is 4.01. The fourth-order valence-corrected chi connectivity index (χ4v) is 3.58. The first-order valence-corrected chi connectivity index (χ1v) is 7.62. The van der Waals surface area contributed by atoms with Gasteiger partial charge in [-0.25, -0.2) is 0 Å². The zero-order chi connectivity index (χ0) is 15.7. The topological polar surface area (TPSA) is 52.6 Å². The van der Waals surface area contributed by atoms with Crippen LogP contribution < -0.4 is 4.74 Å². The van der Waals surface area contributed by atoms with E-state index in [1.165, 1.54) is 18.2 Å². The summed E-state index contributed by atoms with van der Waals surface area (Å²) < 4.78 is 10.1. The molecule has 2 aliphatic carbocycles. The molecular weight excluding hydrogens is 280 g/mol. The number of fused-ring (bicyclic) bond motifs is 1. The molecule has 2 aliphatic rings. The van der Waals surface area contributed by atoms with Crippen LogP contribution in [0.1, 0.15) is 30.4 Å². The molecule has 0 bridgehead atoms. The van der Waals surface area contributed by atoms with E-state index in [9.17, 15) is 9.59 Å². The third-order valence-electron chi connectivity index (χ3n) is 4.76. The highest BCUT2D eigenvalue weighted by Crippen LogP contribution is 2.40. The van der Waals surface area contributed by atoms with Crippen molar-refractivity contribution in [1.82, 2.24) is 0 Å². The van der Waals surface area contributed by atoms with Gasteiger partial charge in [-0.15, -0.1) is 0 Å². The van der Waals surface area contributed by atoms with Crippen molar-refractivity contribution >= 4 is 17.8 Å². The smallest absolute Gasteiger partial charge is 0.316 e. The number of Topliss-reactive ketones (excluding diaryl/α,β-unsaturated/α-hetero) is 1. The minimum atomic E-state index is -0.615. The molecule has 0 N–H and O–H groups in total. The van der Waals surface area contributed by atoms with Crippen molar-refractivity contribution in [2.75, 3.05) is 14.2 Å². The van der Waals surface area contributed by atoms with Gasteiger partial charge >= 0.3 is 5.97 Å². The third kappa shape index (κ3) is 2.54. The van der Waals surface area contributed by atoms with Crippen molar-refractivity contribution < 1.29 is 19.1 Å². The van der Waals surface area contributed by atoms with Crippen LogP contribution in [-0.4, -0.2) is 26.0 Å². The van der Waals surface area contributed by atoms with E-state index in [2.05, 4.69) is 12.1 Å². The number of hydrogen-bond acceptors (Lipinski definition) is 4. The maximum atomic E-state index is 12.0. The first-order valence-electron chi connectivity index (χ1n) is 7.62. The van der Waals surface area contributed by atoms with Gasteiger partial charge < -0.3 is 9.47 Å². The van der Waals surface area contributed by atoms with E-state index in [1.54, 1.807) is 7.11 Å². The van der Waals surface area contributed by atoms with Gasteiger partial charge in [0.2, 0.25) is 0 Å². The van der Waals surface area contributed by atoms with Gasteiger partial charge in [-0.3, -0.25) is 9.59 Å². The monoisotopic (exact) mass is 300 g/mol. The number of carbonyl (C=O) groups excluding carboxylic acids is 2.